The van der Waals surface area contributed by atoms with Gasteiger partial charge in [0.05, 0.1) is 5.57 Å². The topological polar surface area (TPSA) is 62.5 Å². The standard InChI is InChI=1S/C12H14N2O2/c1-8-4-5-12(13-6-8)14-7-11(9(2)15)10(3)16/h4-7,15H,1-3H3/b11-9-,14-7?. The van der Waals surface area contributed by atoms with Crippen LogP contribution in [-0.2, 0) is 4.79 Å². The molecule has 0 amide bonds. The van der Waals surface area contributed by atoms with E-state index >= 15 is 0 Å². The molecule has 0 saturated carbocycles. The normalized spacial score (nSPS) is 12.7. The smallest absolute Gasteiger partial charge is 0.164 e. The van der Waals surface area contributed by atoms with Gasteiger partial charge in [-0.25, -0.2) is 9.98 Å². The molecule has 0 atom stereocenters. The minimum absolute atomic E-state index is 0.0386. The van der Waals surface area contributed by atoms with Crippen molar-refractivity contribution >= 4 is 17.8 Å². The quantitative estimate of drug-likeness (QED) is 0.481. The lowest BCUT2D eigenvalue weighted by Gasteiger charge is -1.97. The summed E-state index contributed by atoms with van der Waals surface area (Å²) in [5, 5.41) is 9.25. The molecule has 0 aliphatic rings. The van der Waals surface area contributed by atoms with Crippen molar-refractivity contribution in [3.05, 3.63) is 35.2 Å². The number of aliphatic hydroxyl groups is 1. The summed E-state index contributed by atoms with van der Waals surface area (Å²) in [5.41, 5.74) is 1.24. The molecule has 0 aliphatic carbocycles. The number of aryl methyl sites for hydroxylation is 1. The third-order valence-corrected chi connectivity index (χ3v) is 1.99. The molecule has 0 fully saturated rings. The van der Waals surface area contributed by atoms with Crippen LogP contribution in [0.15, 0.2) is 34.7 Å². The van der Waals surface area contributed by atoms with Gasteiger partial charge in [0.1, 0.15) is 5.76 Å². The fourth-order valence-electron chi connectivity index (χ4n) is 1.11. The second-order valence-electron chi connectivity index (χ2n) is 3.51. The number of pyridine rings is 1. The van der Waals surface area contributed by atoms with Gasteiger partial charge in [0.2, 0.25) is 0 Å². The van der Waals surface area contributed by atoms with Gasteiger partial charge in [0, 0.05) is 12.4 Å². The number of aliphatic hydroxyl groups excluding tert-OH is 1. The van der Waals surface area contributed by atoms with Crippen LogP contribution in [0.25, 0.3) is 0 Å². The molecule has 0 aromatic carbocycles. The summed E-state index contributed by atoms with van der Waals surface area (Å²) in [6.45, 7) is 4.76. The summed E-state index contributed by atoms with van der Waals surface area (Å²) in [7, 11) is 0. The summed E-state index contributed by atoms with van der Waals surface area (Å²) in [5.74, 6) is 0.241. The van der Waals surface area contributed by atoms with E-state index in [0.29, 0.717) is 5.82 Å². The first-order valence-electron chi connectivity index (χ1n) is 4.88. The van der Waals surface area contributed by atoms with E-state index in [1.165, 1.54) is 20.1 Å². The molecule has 0 spiro atoms. The second-order valence-corrected chi connectivity index (χ2v) is 3.51. The molecule has 1 aromatic rings. The van der Waals surface area contributed by atoms with Crippen molar-refractivity contribution in [2.75, 3.05) is 0 Å². The molecule has 0 radical (unpaired) electrons. The summed E-state index contributed by atoms with van der Waals surface area (Å²) >= 11 is 0. The van der Waals surface area contributed by atoms with E-state index in [-0.39, 0.29) is 17.1 Å². The molecule has 4 nitrogen and oxygen atoms in total. The molecular formula is C12H14N2O2. The number of nitrogens with zero attached hydrogens (tertiary/aromatic N) is 2. The van der Waals surface area contributed by atoms with E-state index in [2.05, 4.69) is 9.98 Å². The van der Waals surface area contributed by atoms with Gasteiger partial charge in [-0.15, -0.1) is 0 Å². The SMILES string of the molecule is CC(=O)/C(C=Nc1ccc(C)cn1)=C(/C)O. The Morgan fingerprint density at radius 3 is 2.56 bits per heavy atom. The zero-order valence-electron chi connectivity index (χ0n) is 9.56. The Hall–Kier alpha value is -1.97. The molecule has 0 aliphatic heterocycles. The Morgan fingerprint density at radius 2 is 2.12 bits per heavy atom. The Morgan fingerprint density at radius 1 is 1.44 bits per heavy atom. The largest absolute Gasteiger partial charge is 0.512 e. The van der Waals surface area contributed by atoms with Crippen molar-refractivity contribution in [3.63, 3.8) is 0 Å². The number of allylic oxidation sites excluding steroid dienone is 2. The minimum atomic E-state index is -0.226. The number of carbonyl (C=O) groups is 1. The number of rotatable bonds is 3. The fourth-order valence-corrected chi connectivity index (χ4v) is 1.11. The second kappa shape index (κ2) is 5.21. The van der Waals surface area contributed by atoms with Crippen LogP contribution in [0.4, 0.5) is 5.82 Å². The fraction of sp³-hybridized carbons (Fsp3) is 0.250. The van der Waals surface area contributed by atoms with Crippen molar-refractivity contribution in [2.45, 2.75) is 20.8 Å². The number of aliphatic imine (C=N–C) groups is 1. The van der Waals surface area contributed by atoms with Gasteiger partial charge in [-0.05, 0) is 32.4 Å². The zero-order chi connectivity index (χ0) is 12.1. The number of ketones is 1. The highest BCUT2D eigenvalue weighted by molar-refractivity contribution is 6.12. The molecular weight excluding hydrogens is 204 g/mol. The van der Waals surface area contributed by atoms with E-state index < -0.39 is 0 Å². The average Bonchev–Trinajstić information content (AvgIpc) is 2.20. The summed E-state index contributed by atoms with van der Waals surface area (Å²) in [6.07, 6.45) is 3.02. The third-order valence-electron chi connectivity index (χ3n) is 1.99. The maximum atomic E-state index is 11.1. The summed E-state index contributed by atoms with van der Waals surface area (Å²) in [6, 6.07) is 3.62. The van der Waals surface area contributed by atoms with Crippen LogP contribution in [0.1, 0.15) is 19.4 Å². The lowest BCUT2D eigenvalue weighted by Crippen LogP contribution is -2.01. The maximum Gasteiger partial charge on any atom is 0.164 e. The minimum Gasteiger partial charge on any atom is -0.512 e. The van der Waals surface area contributed by atoms with Crippen LogP contribution in [0.5, 0.6) is 0 Å². The van der Waals surface area contributed by atoms with Crippen molar-refractivity contribution in [3.8, 4) is 0 Å². The molecule has 16 heavy (non-hydrogen) atoms. The van der Waals surface area contributed by atoms with Crippen molar-refractivity contribution in [2.24, 2.45) is 4.99 Å². The van der Waals surface area contributed by atoms with Crippen LogP contribution in [0, 0.1) is 6.92 Å². The average molecular weight is 218 g/mol. The Labute approximate surface area is 94.4 Å². The monoisotopic (exact) mass is 218 g/mol. The zero-order valence-corrected chi connectivity index (χ0v) is 9.56. The lowest BCUT2D eigenvalue weighted by atomic mass is 10.2. The molecule has 1 rings (SSSR count). The number of hydrogen-bond donors (Lipinski definition) is 1. The predicted octanol–water partition coefficient (Wildman–Crippen LogP) is 2.51. The highest BCUT2D eigenvalue weighted by Crippen LogP contribution is 2.09. The first-order valence-corrected chi connectivity index (χ1v) is 4.88. The van der Waals surface area contributed by atoms with E-state index in [9.17, 15) is 9.90 Å². The van der Waals surface area contributed by atoms with Gasteiger partial charge < -0.3 is 5.11 Å². The third kappa shape index (κ3) is 3.31. The van der Waals surface area contributed by atoms with Gasteiger partial charge >= 0.3 is 0 Å². The highest BCUT2D eigenvalue weighted by Gasteiger charge is 2.04. The number of Topliss-reactive ketones (excluding diaryl/α,β-unsaturated/α-hetero) is 1. The summed E-state index contributed by atoms with van der Waals surface area (Å²) in [4.78, 5) is 19.2. The van der Waals surface area contributed by atoms with Crippen LogP contribution in [0.2, 0.25) is 0 Å². The van der Waals surface area contributed by atoms with E-state index in [1.807, 2.05) is 13.0 Å². The molecule has 1 heterocycles. The molecule has 1 aromatic heterocycles. The molecule has 0 saturated heterocycles. The van der Waals surface area contributed by atoms with Crippen LogP contribution >= 0.6 is 0 Å². The van der Waals surface area contributed by atoms with E-state index in [0.717, 1.165) is 5.56 Å². The number of carbonyl (C=O) groups excluding carboxylic acids is 1. The predicted molar refractivity (Wildman–Crippen MR) is 63.1 cm³/mol. The van der Waals surface area contributed by atoms with Crippen molar-refractivity contribution in [1.29, 1.82) is 0 Å². The number of hydrogen-bond acceptors (Lipinski definition) is 4. The number of aromatic nitrogens is 1. The molecule has 84 valence electrons. The first kappa shape index (κ1) is 12.1. The van der Waals surface area contributed by atoms with Gasteiger partial charge in [0.15, 0.2) is 11.6 Å². The van der Waals surface area contributed by atoms with Gasteiger partial charge in [-0.3, -0.25) is 4.79 Å². The Balaban J connectivity index is 2.92. The first-order chi connectivity index (χ1) is 7.50. The molecule has 0 bridgehead atoms. The molecule has 0 unspecified atom stereocenters. The van der Waals surface area contributed by atoms with Gasteiger partial charge in [0.25, 0.3) is 0 Å². The molecule has 1 N–H and O–H groups in total. The van der Waals surface area contributed by atoms with Crippen LogP contribution < -0.4 is 0 Å². The van der Waals surface area contributed by atoms with Crippen LogP contribution in [0.3, 0.4) is 0 Å². The summed E-state index contributed by atoms with van der Waals surface area (Å²) < 4.78 is 0. The van der Waals surface area contributed by atoms with E-state index in [1.54, 1.807) is 12.3 Å². The van der Waals surface area contributed by atoms with Gasteiger partial charge in [-0.1, -0.05) is 6.07 Å². The van der Waals surface area contributed by atoms with Gasteiger partial charge in [-0.2, -0.15) is 0 Å². The van der Waals surface area contributed by atoms with Crippen molar-refractivity contribution < 1.29 is 9.90 Å². The van der Waals surface area contributed by atoms with E-state index in [4.69, 9.17) is 0 Å². The van der Waals surface area contributed by atoms with Crippen LogP contribution in [-0.4, -0.2) is 22.1 Å². The maximum absolute atomic E-state index is 11.1. The Bertz CT molecular complexity index is 441. The lowest BCUT2D eigenvalue weighted by molar-refractivity contribution is -0.113. The Kier molecular flexibility index (Phi) is 3.94. The van der Waals surface area contributed by atoms with Crippen molar-refractivity contribution in [1.82, 2.24) is 4.98 Å². The molecule has 4 heteroatoms. The highest BCUT2D eigenvalue weighted by atomic mass is 16.3.